The summed E-state index contributed by atoms with van der Waals surface area (Å²) in [7, 11) is 0. The predicted molar refractivity (Wildman–Crippen MR) is 28.3 cm³/mol. The van der Waals surface area contributed by atoms with Gasteiger partial charge in [0.1, 0.15) is 0 Å². The highest BCUT2D eigenvalue weighted by Gasteiger charge is 1.92. The van der Waals surface area contributed by atoms with E-state index >= 15 is 0 Å². The van der Waals surface area contributed by atoms with Crippen LogP contribution >= 0.6 is 0 Å². The Hall–Kier alpha value is -0.860. The van der Waals surface area contributed by atoms with Crippen molar-refractivity contribution in [1.29, 1.82) is 0 Å². The van der Waals surface area contributed by atoms with E-state index in [2.05, 4.69) is 17.3 Å². The van der Waals surface area contributed by atoms with Crippen LogP contribution in [0.5, 0.6) is 0 Å². The molecule has 44 valence electrons. The summed E-state index contributed by atoms with van der Waals surface area (Å²) >= 11 is 0. The molecule has 0 aliphatic rings. The van der Waals surface area contributed by atoms with Crippen LogP contribution in [-0.4, -0.2) is 10.4 Å². The second-order valence-corrected chi connectivity index (χ2v) is 1.63. The topological polar surface area (TPSA) is 38.9 Å². The molecule has 1 heterocycles. The zero-order valence-electron chi connectivity index (χ0n) is 4.79. The van der Waals surface area contributed by atoms with Crippen molar-refractivity contribution in [2.75, 3.05) is 0 Å². The Morgan fingerprint density at radius 2 is 2.62 bits per heavy atom. The first-order chi connectivity index (χ1) is 3.93. The molecule has 0 aliphatic carbocycles. The Labute approximate surface area is 47.7 Å². The fourth-order valence-electron chi connectivity index (χ4n) is 0.544. The number of aryl methyl sites for hydroxylation is 1. The highest BCUT2D eigenvalue weighted by atomic mass is 16.5. The van der Waals surface area contributed by atoms with Crippen molar-refractivity contribution in [1.82, 2.24) is 10.4 Å². The summed E-state index contributed by atoms with van der Waals surface area (Å²) in [4.78, 5) is 0. The molecule has 3 heteroatoms. The van der Waals surface area contributed by atoms with Crippen LogP contribution in [0, 0.1) is 0 Å². The van der Waals surface area contributed by atoms with E-state index in [0.29, 0.717) is 0 Å². The van der Waals surface area contributed by atoms with Crippen LogP contribution in [0.2, 0.25) is 0 Å². The highest BCUT2D eigenvalue weighted by molar-refractivity contribution is 4.84. The number of hydrogen-bond donors (Lipinski definition) is 0. The maximum absolute atomic E-state index is 4.71. The van der Waals surface area contributed by atoms with E-state index in [1.807, 2.05) is 0 Å². The van der Waals surface area contributed by atoms with Crippen molar-refractivity contribution in [3.05, 3.63) is 12.0 Å². The van der Waals surface area contributed by atoms with E-state index < -0.39 is 0 Å². The summed E-state index contributed by atoms with van der Waals surface area (Å²) in [5, 5.41) is 6.84. The molecule has 1 rings (SSSR count). The zero-order chi connectivity index (χ0) is 5.82. The van der Waals surface area contributed by atoms with E-state index in [-0.39, 0.29) is 0 Å². The smallest absolute Gasteiger partial charge is 0.157 e. The molecule has 0 spiro atoms. The van der Waals surface area contributed by atoms with Crippen LogP contribution in [0.4, 0.5) is 0 Å². The summed E-state index contributed by atoms with van der Waals surface area (Å²) in [5.41, 5.74) is 0. The molecule has 0 N–H and O–H groups in total. The van der Waals surface area contributed by atoms with Gasteiger partial charge in [0.05, 0.1) is 6.20 Å². The number of hydrogen-bond acceptors (Lipinski definition) is 3. The molecular formula is C5H8N2O. The summed E-state index contributed by atoms with van der Waals surface area (Å²) in [6.07, 6.45) is 3.66. The van der Waals surface area contributed by atoms with Gasteiger partial charge in [0.25, 0.3) is 0 Å². The molecule has 0 saturated heterocycles. The Morgan fingerprint density at radius 1 is 1.75 bits per heavy atom. The summed E-state index contributed by atoms with van der Waals surface area (Å²) in [5.74, 6) is 0.868. The molecule has 0 fully saturated rings. The minimum atomic E-state index is 0.868. The molecule has 3 nitrogen and oxygen atoms in total. The Balaban J connectivity index is 2.50. The lowest BCUT2D eigenvalue weighted by Gasteiger charge is -1.81. The molecule has 1 aromatic rings. The fourth-order valence-corrected chi connectivity index (χ4v) is 0.544. The van der Waals surface area contributed by atoms with Crippen molar-refractivity contribution in [3.8, 4) is 0 Å². The molecule has 0 aromatic carbocycles. The first-order valence-corrected chi connectivity index (χ1v) is 2.69. The fraction of sp³-hybridized carbons (Fsp3) is 0.600. The standard InChI is InChI=1S/C5H8N2O/c1-2-3-5-4-6-7-8-5/h4H,2-3H2,1H3. The first kappa shape index (κ1) is 5.28. The van der Waals surface area contributed by atoms with E-state index in [1.165, 1.54) is 0 Å². The van der Waals surface area contributed by atoms with Crippen LogP contribution in [0.1, 0.15) is 19.1 Å². The minimum Gasteiger partial charge on any atom is -0.342 e. The third-order valence-corrected chi connectivity index (χ3v) is 0.903. The summed E-state index contributed by atoms with van der Waals surface area (Å²) < 4.78 is 4.71. The molecule has 0 saturated carbocycles. The molecule has 8 heavy (non-hydrogen) atoms. The predicted octanol–water partition coefficient (Wildman–Crippen LogP) is 1.02. The second kappa shape index (κ2) is 2.45. The molecule has 1 aromatic heterocycles. The first-order valence-electron chi connectivity index (χ1n) is 2.69. The number of rotatable bonds is 2. The van der Waals surface area contributed by atoms with Crippen molar-refractivity contribution >= 4 is 0 Å². The lowest BCUT2D eigenvalue weighted by atomic mass is 10.3. The van der Waals surface area contributed by atoms with Gasteiger partial charge in [0.15, 0.2) is 5.76 Å². The van der Waals surface area contributed by atoms with Gasteiger partial charge in [-0.25, -0.2) is 0 Å². The monoisotopic (exact) mass is 112 g/mol. The molecule has 0 atom stereocenters. The average molecular weight is 112 g/mol. The van der Waals surface area contributed by atoms with Crippen LogP contribution in [0.15, 0.2) is 10.7 Å². The van der Waals surface area contributed by atoms with Gasteiger partial charge in [-0.15, -0.1) is 5.10 Å². The minimum absolute atomic E-state index is 0.868. The quantitative estimate of drug-likeness (QED) is 0.573. The van der Waals surface area contributed by atoms with Crippen LogP contribution in [-0.2, 0) is 6.42 Å². The second-order valence-electron chi connectivity index (χ2n) is 1.63. The lowest BCUT2D eigenvalue weighted by Crippen LogP contribution is -1.74. The van der Waals surface area contributed by atoms with E-state index in [0.717, 1.165) is 18.6 Å². The van der Waals surface area contributed by atoms with Crippen molar-refractivity contribution in [3.63, 3.8) is 0 Å². The van der Waals surface area contributed by atoms with Gasteiger partial charge in [-0.3, -0.25) is 0 Å². The SMILES string of the molecule is CCCc1cnno1. The van der Waals surface area contributed by atoms with Gasteiger partial charge in [-0.05, 0) is 6.42 Å². The van der Waals surface area contributed by atoms with Crippen molar-refractivity contribution in [2.45, 2.75) is 19.8 Å². The molecule has 0 radical (unpaired) electrons. The molecule has 0 aliphatic heterocycles. The average Bonchev–Trinajstić information content (AvgIpc) is 2.19. The largest absolute Gasteiger partial charge is 0.342 e. The van der Waals surface area contributed by atoms with Gasteiger partial charge in [0.2, 0.25) is 0 Å². The maximum atomic E-state index is 4.71. The van der Waals surface area contributed by atoms with Crippen LogP contribution in [0.25, 0.3) is 0 Å². The summed E-state index contributed by atoms with van der Waals surface area (Å²) in [6, 6.07) is 0. The molecule has 0 bridgehead atoms. The third kappa shape index (κ3) is 1.05. The van der Waals surface area contributed by atoms with Crippen LogP contribution < -0.4 is 0 Å². The summed E-state index contributed by atoms with van der Waals surface area (Å²) in [6.45, 7) is 2.09. The van der Waals surface area contributed by atoms with Crippen molar-refractivity contribution < 1.29 is 4.52 Å². The molecular weight excluding hydrogens is 104 g/mol. The third-order valence-electron chi connectivity index (χ3n) is 0.903. The molecule has 0 unspecified atom stereocenters. The normalized spacial score (nSPS) is 9.62. The van der Waals surface area contributed by atoms with Gasteiger partial charge in [-0.2, -0.15) is 0 Å². The van der Waals surface area contributed by atoms with Gasteiger partial charge < -0.3 is 4.52 Å². The highest BCUT2D eigenvalue weighted by Crippen LogP contribution is 1.96. The number of nitrogens with zero attached hydrogens (tertiary/aromatic N) is 2. The molecule has 0 amide bonds. The van der Waals surface area contributed by atoms with E-state index in [1.54, 1.807) is 6.20 Å². The number of aromatic nitrogens is 2. The lowest BCUT2D eigenvalue weighted by molar-refractivity contribution is 0.361. The van der Waals surface area contributed by atoms with E-state index in [9.17, 15) is 0 Å². The van der Waals surface area contributed by atoms with Gasteiger partial charge >= 0.3 is 0 Å². The van der Waals surface area contributed by atoms with Crippen LogP contribution in [0.3, 0.4) is 0 Å². The van der Waals surface area contributed by atoms with Gasteiger partial charge in [-0.1, -0.05) is 6.92 Å². The van der Waals surface area contributed by atoms with E-state index in [4.69, 9.17) is 4.52 Å². The Morgan fingerprint density at radius 3 is 3.12 bits per heavy atom. The zero-order valence-corrected chi connectivity index (χ0v) is 4.79. The van der Waals surface area contributed by atoms with Gasteiger partial charge in [0, 0.05) is 11.7 Å². The van der Waals surface area contributed by atoms with Crippen molar-refractivity contribution in [2.24, 2.45) is 0 Å². The maximum Gasteiger partial charge on any atom is 0.157 e. The Bertz CT molecular complexity index is 136. The Kier molecular flexibility index (Phi) is 1.62.